The molecule has 0 radical (unpaired) electrons. The lowest BCUT2D eigenvalue weighted by Gasteiger charge is -2.26. The van der Waals surface area contributed by atoms with Crippen LogP contribution in [0.15, 0.2) is 5.16 Å². The van der Waals surface area contributed by atoms with E-state index in [4.69, 9.17) is 10.9 Å². The first kappa shape index (κ1) is 16.1. The minimum Gasteiger partial charge on any atom is -0.409 e. The highest BCUT2D eigenvalue weighted by Gasteiger charge is 2.25. The average Bonchev–Trinajstić information content (AvgIpc) is 2.14. The summed E-state index contributed by atoms with van der Waals surface area (Å²) in [4.78, 5) is 0. The number of nitrogens with zero attached hydrogens (tertiary/aromatic N) is 2. The van der Waals surface area contributed by atoms with E-state index >= 15 is 0 Å². The summed E-state index contributed by atoms with van der Waals surface area (Å²) in [5.41, 5.74) is 4.77. The molecule has 8 heteroatoms. The molecule has 0 amide bonds. The van der Waals surface area contributed by atoms with Crippen LogP contribution in [0.2, 0.25) is 0 Å². The van der Waals surface area contributed by atoms with Crippen molar-refractivity contribution in [3.05, 3.63) is 0 Å². The van der Waals surface area contributed by atoms with Crippen molar-refractivity contribution in [1.29, 1.82) is 0 Å². The van der Waals surface area contributed by atoms with Gasteiger partial charge in [-0.15, -0.1) is 0 Å². The summed E-state index contributed by atoms with van der Waals surface area (Å²) in [5, 5.41) is 11.2. The van der Waals surface area contributed by atoms with E-state index in [9.17, 15) is 8.42 Å². The fourth-order valence-corrected chi connectivity index (χ4v) is 2.76. The van der Waals surface area contributed by atoms with Crippen LogP contribution in [0, 0.1) is 0 Å². The van der Waals surface area contributed by atoms with Crippen LogP contribution in [0.25, 0.3) is 0 Å². The molecule has 0 rings (SSSR count). The van der Waals surface area contributed by atoms with Crippen molar-refractivity contribution >= 4 is 16.0 Å². The van der Waals surface area contributed by atoms with Crippen LogP contribution in [0.1, 0.15) is 34.1 Å². The first-order valence-electron chi connectivity index (χ1n) is 5.38. The number of nitrogens with two attached hydrogens (primary N) is 1. The van der Waals surface area contributed by atoms with Crippen LogP contribution < -0.4 is 10.5 Å². The monoisotopic (exact) mass is 266 g/mol. The van der Waals surface area contributed by atoms with E-state index in [2.05, 4.69) is 9.88 Å². The minimum absolute atomic E-state index is 0.00871. The summed E-state index contributed by atoms with van der Waals surface area (Å²) in [5.74, 6) is 0.00871. The van der Waals surface area contributed by atoms with Gasteiger partial charge in [-0.25, -0.2) is 0 Å². The van der Waals surface area contributed by atoms with E-state index in [-0.39, 0.29) is 18.8 Å². The van der Waals surface area contributed by atoms with Gasteiger partial charge < -0.3 is 10.9 Å². The van der Waals surface area contributed by atoms with Crippen molar-refractivity contribution < 1.29 is 13.6 Å². The number of oxime groups is 1. The van der Waals surface area contributed by atoms with Gasteiger partial charge in [0.1, 0.15) is 5.84 Å². The first-order valence-corrected chi connectivity index (χ1v) is 6.82. The molecule has 4 N–H and O–H groups in total. The van der Waals surface area contributed by atoms with Crippen molar-refractivity contribution in [2.24, 2.45) is 10.9 Å². The predicted molar refractivity (Wildman–Crippen MR) is 67.1 cm³/mol. The molecule has 17 heavy (non-hydrogen) atoms. The Morgan fingerprint density at radius 3 is 2.35 bits per heavy atom. The van der Waals surface area contributed by atoms with Crippen LogP contribution in [0.4, 0.5) is 0 Å². The van der Waals surface area contributed by atoms with Crippen molar-refractivity contribution in [1.82, 2.24) is 9.03 Å². The lowest BCUT2D eigenvalue weighted by Crippen LogP contribution is -2.49. The van der Waals surface area contributed by atoms with E-state index in [1.807, 2.05) is 0 Å². The van der Waals surface area contributed by atoms with Gasteiger partial charge in [-0.05, 0) is 20.8 Å². The van der Waals surface area contributed by atoms with Gasteiger partial charge in [0.25, 0.3) is 10.2 Å². The zero-order chi connectivity index (χ0) is 13.7. The van der Waals surface area contributed by atoms with E-state index < -0.39 is 15.7 Å². The number of hydrogen-bond donors (Lipinski definition) is 3. The Hall–Kier alpha value is -0.860. The topological polar surface area (TPSA) is 108 Å². The van der Waals surface area contributed by atoms with Crippen molar-refractivity contribution in [2.75, 3.05) is 13.1 Å². The summed E-state index contributed by atoms with van der Waals surface area (Å²) >= 11 is 0. The van der Waals surface area contributed by atoms with Gasteiger partial charge in [-0.3, -0.25) is 0 Å². The molecule has 0 aliphatic heterocycles. The van der Waals surface area contributed by atoms with E-state index in [1.54, 1.807) is 27.7 Å². The quantitative estimate of drug-likeness (QED) is 0.274. The Morgan fingerprint density at radius 1 is 1.47 bits per heavy atom. The third-order valence-corrected chi connectivity index (χ3v) is 3.86. The fraction of sp³-hybridized carbons (Fsp3) is 0.889. The normalized spacial score (nSPS) is 14.3. The molecule has 0 aliphatic rings. The lowest BCUT2D eigenvalue weighted by molar-refractivity contribution is 0.315. The Bertz CT molecular complexity index is 359. The number of nitrogens with one attached hydrogen (secondary N) is 1. The van der Waals surface area contributed by atoms with Crippen molar-refractivity contribution in [3.63, 3.8) is 0 Å². The molecule has 0 aliphatic carbocycles. The second-order valence-corrected chi connectivity index (χ2v) is 6.36. The molecule has 0 fully saturated rings. The molecular formula is C9H22N4O3S. The summed E-state index contributed by atoms with van der Waals surface area (Å²) < 4.78 is 27.7. The SMILES string of the molecule is CCN(CCC(N)=NO)S(=O)(=O)NC(C)(C)C. The Labute approximate surface area is 103 Å². The maximum atomic E-state index is 11.9. The van der Waals surface area contributed by atoms with E-state index in [0.717, 1.165) is 0 Å². The largest absolute Gasteiger partial charge is 0.409 e. The fourth-order valence-electron chi connectivity index (χ4n) is 1.19. The molecule has 0 unspecified atom stereocenters. The molecule has 0 spiro atoms. The smallest absolute Gasteiger partial charge is 0.279 e. The highest BCUT2D eigenvalue weighted by Crippen LogP contribution is 2.07. The van der Waals surface area contributed by atoms with Crippen LogP contribution in [-0.2, 0) is 10.2 Å². The molecule has 0 heterocycles. The number of hydrogen-bond acceptors (Lipinski definition) is 4. The summed E-state index contributed by atoms with van der Waals surface area (Å²) in [6.45, 7) is 7.53. The Morgan fingerprint density at radius 2 is 2.00 bits per heavy atom. The highest BCUT2D eigenvalue weighted by atomic mass is 32.2. The molecule has 102 valence electrons. The summed E-state index contributed by atoms with van der Waals surface area (Å²) in [7, 11) is -3.54. The molecule has 7 nitrogen and oxygen atoms in total. The first-order chi connectivity index (χ1) is 7.62. The predicted octanol–water partition coefficient (Wildman–Crippen LogP) is 0.0777. The van der Waals surface area contributed by atoms with E-state index in [0.29, 0.717) is 6.54 Å². The van der Waals surface area contributed by atoms with Crippen LogP contribution in [0.5, 0.6) is 0 Å². The molecule has 0 saturated carbocycles. The van der Waals surface area contributed by atoms with Gasteiger partial charge in [0, 0.05) is 25.0 Å². The maximum absolute atomic E-state index is 11.9. The van der Waals surface area contributed by atoms with Crippen molar-refractivity contribution in [2.45, 2.75) is 39.7 Å². The summed E-state index contributed by atoms with van der Waals surface area (Å²) in [6, 6.07) is 0. The molecule has 0 aromatic rings. The van der Waals surface area contributed by atoms with Gasteiger partial charge in [0.2, 0.25) is 0 Å². The molecule has 0 atom stereocenters. The number of amidine groups is 1. The van der Waals surface area contributed by atoms with Gasteiger partial charge in [-0.1, -0.05) is 12.1 Å². The van der Waals surface area contributed by atoms with E-state index in [1.165, 1.54) is 4.31 Å². The van der Waals surface area contributed by atoms with Gasteiger partial charge in [-0.2, -0.15) is 17.4 Å². The lowest BCUT2D eigenvalue weighted by atomic mass is 10.1. The Balaban J connectivity index is 4.65. The van der Waals surface area contributed by atoms with Crippen molar-refractivity contribution in [3.8, 4) is 0 Å². The third-order valence-electron chi connectivity index (χ3n) is 1.87. The average molecular weight is 266 g/mol. The number of rotatable bonds is 6. The maximum Gasteiger partial charge on any atom is 0.279 e. The van der Waals surface area contributed by atoms with Crippen LogP contribution in [-0.4, -0.2) is 42.4 Å². The second-order valence-electron chi connectivity index (χ2n) is 4.69. The molecule has 0 saturated heterocycles. The zero-order valence-electron chi connectivity index (χ0n) is 10.8. The Kier molecular flexibility index (Phi) is 5.86. The molecule has 0 aromatic heterocycles. The van der Waals surface area contributed by atoms with Crippen LogP contribution in [0.3, 0.4) is 0 Å². The standard InChI is InChI=1S/C9H22N4O3S/c1-5-13(7-6-8(10)11-14)17(15,16)12-9(2,3)4/h12,14H,5-7H2,1-4H3,(H2,10,11). The highest BCUT2D eigenvalue weighted by molar-refractivity contribution is 7.87. The van der Waals surface area contributed by atoms with Gasteiger partial charge >= 0.3 is 0 Å². The van der Waals surface area contributed by atoms with Crippen LogP contribution >= 0.6 is 0 Å². The minimum atomic E-state index is -3.54. The second kappa shape index (κ2) is 6.18. The molecular weight excluding hydrogens is 244 g/mol. The van der Waals surface area contributed by atoms with Gasteiger partial charge in [0.05, 0.1) is 0 Å². The third kappa shape index (κ3) is 6.44. The van der Waals surface area contributed by atoms with Gasteiger partial charge in [0.15, 0.2) is 0 Å². The molecule has 0 bridgehead atoms. The molecule has 0 aromatic carbocycles. The zero-order valence-corrected chi connectivity index (χ0v) is 11.6. The summed E-state index contributed by atoms with van der Waals surface area (Å²) in [6.07, 6.45) is 0.190.